The van der Waals surface area contributed by atoms with Crippen LogP contribution in [-0.4, -0.2) is 25.5 Å². The van der Waals surface area contributed by atoms with Crippen molar-refractivity contribution < 1.29 is 18.3 Å². The molecular weight excluding hydrogens is 298 g/mol. The maximum absolute atomic E-state index is 12.1. The summed E-state index contributed by atoms with van der Waals surface area (Å²) in [6.45, 7) is 3.96. The smallest absolute Gasteiger partial charge is 0.345 e. The van der Waals surface area contributed by atoms with E-state index in [4.69, 9.17) is 5.11 Å². The zero-order valence-electron chi connectivity index (χ0n) is 11.8. The lowest BCUT2D eigenvalue weighted by atomic mass is 10.1. The van der Waals surface area contributed by atoms with Crippen LogP contribution in [0.15, 0.2) is 16.3 Å². The number of aromatic carboxylic acids is 1. The minimum Gasteiger partial charge on any atom is -0.477 e. The third-order valence-corrected chi connectivity index (χ3v) is 6.06. The van der Waals surface area contributed by atoms with E-state index in [1.165, 1.54) is 12.1 Å². The predicted octanol–water partition coefficient (Wildman–Crippen LogP) is 3.08. The van der Waals surface area contributed by atoms with E-state index >= 15 is 0 Å². The van der Waals surface area contributed by atoms with E-state index in [1.54, 1.807) is 0 Å². The van der Waals surface area contributed by atoms with Gasteiger partial charge in [-0.05, 0) is 25.5 Å². The Balaban J connectivity index is 2.57. The van der Waals surface area contributed by atoms with Crippen molar-refractivity contribution >= 4 is 27.3 Å². The Bertz CT molecular complexity index is 536. The number of carboxylic acid groups (broad SMARTS) is 1. The van der Waals surface area contributed by atoms with E-state index in [0.29, 0.717) is 0 Å². The lowest BCUT2D eigenvalue weighted by Gasteiger charge is -2.13. The second-order valence-electron chi connectivity index (χ2n) is 4.80. The number of rotatable bonds is 9. The SMILES string of the molecule is CCCCCCC(C)NS(=O)(=O)c1ccc(C(=O)O)s1. The molecule has 1 unspecified atom stereocenters. The fraction of sp³-hybridized carbons (Fsp3) is 0.615. The number of thiophene rings is 1. The summed E-state index contributed by atoms with van der Waals surface area (Å²) >= 11 is 0.772. The molecule has 2 N–H and O–H groups in total. The number of carbonyl (C=O) groups is 1. The quantitative estimate of drug-likeness (QED) is 0.685. The zero-order valence-corrected chi connectivity index (χ0v) is 13.4. The van der Waals surface area contributed by atoms with Crippen LogP contribution in [0.2, 0.25) is 0 Å². The first-order valence-corrected chi connectivity index (χ1v) is 9.02. The number of unbranched alkanes of at least 4 members (excludes halogenated alkanes) is 3. The summed E-state index contributed by atoms with van der Waals surface area (Å²) in [5.74, 6) is -1.11. The van der Waals surface area contributed by atoms with Crippen molar-refractivity contribution in [3.63, 3.8) is 0 Å². The van der Waals surface area contributed by atoms with Crippen molar-refractivity contribution in [1.29, 1.82) is 0 Å². The molecule has 0 fully saturated rings. The summed E-state index contributed by atoms with van der Waals surface area (Å²) in [5, 5.41) is 8.81. The van der Waals surface area contributed by atoms with Gasteiger partial charge in [0, 0.05) is 6.04 Å². The first-order chi connectivity index (χ1) is 9.36. The second kappa shape index (κ2) is 7.75. The number of hydrogen-bond acceptors (Lipinski definition) is 4. The van der Waals surface area contributed by atoms with Crippen molar-refractivity contribution in [2.75, 3.05) is 0 Å². The molecule has 0 aliphatic heterocycles. The molecule has 0 spiro atoms. The van der Waals surface area contributed by atoms with Gasteiger partial charge in [-0.25, -0.2) is 17.9 Å². The average molecular weight is 319 g/mol. The largest absolute Gasteiger partial charge is 0.477 e. The molecule has 0 radical (unpaired) electrons. The first-order valence-electron chi connectivity index (χ1n) is 6.72. The topological polar surface area (TPSA) is 83.5 Å². The van der Waals surface area contributed by atoms with Crippen molar-refractivity contribution in [2.45, 2.75) is 56.2 Å². The van der Waals surface area contributed by atoms with Crippen LogP contribution in [0.3, 0.4) is 0 Å². The standard InChI is InChI=1S/C13H21NO4S2/c1-3-4-5-6-7-10(2)14-20(17,18)12-9-8-11(19-12)13(15)16/h8-10,14H,3-7H2,1-2H3,(H,15,16). The van der Waals surface area contributed by atoms with Crippen LogP contribution >= 0.6 is 11.3 Å². The highest BCUT2D eigenvalue weighted by atomic mass is 32.2. The Morgan fingerprint density at radius 2 is 2.05 bits per heavy atom. The molecule has 7 heteroatoms. The molecule has 5 nitrogen and oxygen atoms in total. The molecule has 0 amide bonds. The number of hydrogen-bond donors (Lipinski definition) is 2. The van der Waals surface area contributed by atoms with Gasteiger partial charge in [0.2, 0.25) is 10.0 Å². The number of nitrogens with one attached hydrogen (secondary N) is 1. The summed E-state index contributed by atoms with van der Waals surface area (Å²) in [4.78, 5) is 10.8. The number of carboxylic acids is 1. The highest BCUT2D eigenvalue weighted by Crippen LogP contribution is 2.22. The summed E-state index contributed by atoms with van der Waals surface area (Å²) in [5.41, 5.74) is 0. The lowest BCUT2D eigenvalue weighted by molar-refractivity contribution is 0.0702. The molecule has 1 aromatic rings. The molecule has 114 valence electrons. The molecular formula is C13H21NO4S2. The van der Waals surface area contributed by atoms with E-state index < -0.39 is 16.0 Å². The highest BCUT2D eigenvalue weighted by Gasteiger charge is 2.20. The Kier molecular flexibility index (Phi) is 6.64. The van der Waals surface area contributed by atoms with Crippen LogP contribution in [-0.2, 0) is 10.0 Å². The molecule has 0 aromatic carbocycles. The zero-order chi connectivity index (χ0) is 15.2. The highest BCUT2D eigenvalue weighted by molar-refractivity contribution is 7.91. The van der Waals surface area contributed by atoms with Gasteiger partial charge in [0.15, 0.2) is 0 Å². The van der Waals surface area contributed by atoms with E-state index in [2.05, 4.69) is 11.6 Å². The van der Waals surface area contributed by atoms with Crippen LogP contribution in [0, 0.1) is 0 Å². The van der Waals surface area contributed by atoms with E-state index in [0.717, 1.165) is 43.4 Å². The van der Waals surface area contributed by atoms with Crippen LogP contribution in [0.25, 0.3) is 0 Å². The summed E-state index contributed by atoms with van der Waals surface area (Å²) < 4.78 is 26.8. The van der Waals surface area contributed by atoms with Crippen LogP contribution < -0.4 is 4.72 Å². The Labute approximate surface area is 124 Å². The molecule has 20 heavy (non-hydrogen) atoms. The van der Waals surface area contributed by atoms with E-state index in [-0.39, 0.29) is 15.1 Å². The summed E-state index contributed by atoms with van der Waals surface area (Å²) in [6, 6.07) is 2.50. The fourth-order valence-corrected chi connectivity index (χ4v) is 4.28. The Hall–Kier alpha value is -0.920. The van der Waals surface area contributed by atoms with Crippen LogP contribution in [0.5, 0.6) is 0 Å². The van der Waals surface area contributed by atoms with Gasteiger partial charge < -0.3 is 5.11 Å². The Morgan fingerprint density at radius 3 is 2.60 bits per heavy atom. The van der Waals surface area contributed by atoms with Gasteiger partial charge in [-0.2, -0.15) is 0 Å². The van der Waals surface area contributed by atoms with Gasteiger partial charge in [-0.1, -0.05) is 32.6 Å². The van der Waals surface area contributed by atoms with Crippen molar-refractivity contribution in [3.8, 4) is 0 Å². The van der Waals surface area contributed by atoms with Crippen molar-refractivity contribution in [3.05, 3.63) is 17.0 Å². The summed E-state index contributed by atoms with van der Waals surface area (Å²) in [7, 11) is -3.61. The Morgan fingerprint density at radius 1 is 1.35 bits per heavy atom. The van der Waals surface area contributed by atoms with Gasteiger partial charge in [0.05, 0.1) is 0 Å². The molecule has 1 aromatic heterocycles. The van der Waals surface area contributed by atoms with Gasteiger partial charge in [0.1, 0.15) is 9.09 Å². The number of sulfonamides is 1. The van der Waals surface area contributed by atoms with Gasteiger partial charge in [-0.15, -0.1) is 11.3 Å². The molecule has 1 heterocycles. The molecule has 0 bridgehead atoms. The third-order valence-electron chi connectivity index (χ3n) is 2.90. The van der Waals surface area contributed by atoms with Gasteiger partial charge in [-0.3, -0.25) is 0 Å². The van der Waals surface area contributed by atoms with Gasteiger partial charge in [0.25, 0.3) is 0 Å². The van der Waals surface area contributed by atoms with Crippen molar-refractivity contribution in [1.82, 2.24) is 4.72 Å². The lowest BCUT2D eigenvalue weighted by Crippen LogP contribution is -2.32. The summed E-state index contributed by atoms with van der Waals surface area (Å²) in [6.07, 6.45) is 5.18. The molecule has 0 aliphatic carbocycles. The maximum Gasteiger partial charge on any atom is 0.345 e. The predicted molar refractivity (Wildman–Crippen MR) is 79.8 cm³/mol. The molecule has 1 rings (SSSR count). The minimum absolute atomic E-state index is 0.0287. The van der Waals surface area contributed by atoms with Crippen molar-refractivity contribution in [2.24, 2.45) is 0 Å². The molecule has 0 aliphatic rings. The monoisotopic (exact) mass is 319 g/mol. The van der Waals surface area contributed by atoms with Gasteiger partial charge >= 0.3 is 5.97 Å². The van der Waals surface area contributed by atoms with E-state index in [9.17, 15) is 13.2 Å². The molecule has 1 atom stereocenters. The average Bonchev–Trinajstić information content (AvgIpc) is 2.84. The second-order valence-corrected chi connectivity index (χ2v) is 7.82. The fourth-order valence-electron chi connectivity index (χ4n) is 1.84. The van der Waals surface area contributed by atoms with Crippen LogP contribution in [0.4, 0.5) is 0 Å². The third kappa shape index (κ3) is 5.22. The van der Waals surface area contributed by atoms with Crippen LogP contribution in [0.1, 0.15) is 55.6 Å². The first kappa shape index (κ1) is 17.1. The normalized spacial score (nSPS) is 13.3. The maximum atomic E-state index is 12.1. The van der Waals surface area contributed by atoms with E-state index in [1.807, 2.05) is 6.92 Å². The molecule has 0 saturated carbocycles. The molecule has 0 saturated heterocycles. The minimum atomic E-state index is -3.61.